The van der Waals surface area contributed by atoms with Gasteiger partial charge in [0.15, 0.2) is 0 Å². The summed E-state index contributed by atoms with van der Waals surface area (Å²) in [6, 6.07) is 18.8. The van der Waals surface area contributed by atoms with Crippen LogP contribution in [0.15, 0.2) is 66.2 Å². The number of amides is 3. The van der Waals surface area contributed by atoms with Crippen LogP contribution in [-0.2, 0) is 14.4 Å². The van der Waals surface area contributed by atoms with Crippen molar-refractivity contribution in [1.82, 2.24) is 15.1 Å². The highest BCUT2D eigenvalue weighted by Crippen LogP contribution is 2.37. The second-order valence-electron chi connectivity index (χ2n) is 14.0. The summed E-state index contributed by atoms with van der Waals surface area (Å²) in [7, 11) is 1.62. The smallest absolute Gasteiger partial charge is 0.252 e. The van der Waals surface area contributed by atoms with E-state index in [1.807, 2.05) is 84.3 Å². The standard InChI is InChI=1S/C41H49ClN4O7/c1-26-21-35(42)37(22-27(26)2)53-20-19-52-32-11-7-28(8-12-32)34-23-29-24-45(39(48)6-4-5-38(43)47)25-36(44-29)40(34)41(49)46(30-9-10-30)17-18-51-33-15-13-31(50-3)14-16-33/h7-8,11-16,21-22,29-30,36,44H,4-6,9-10,17-20,23-25H2,1-3H3,(H2,43,47)/t29-,36-/m1/s1. The average Bonchev–Trinajstić information content (AvgIpc) is 3.99. The first-order valence-corrected chi connectivity index (χ1v) is 18.7. The van der Waals surface area contributed by atoms with Crippen LogP contribution in [0.1, 0.15) is 55.2 Å². The summed E-state index contributed by atoms with van der Waals surface area (Å²) in [6.07, 6.45) is 3.27. The third-order valence-corrected chi connectivity index (χ3v) is 10.4. The Morgan fingerprint density at radius 1 is 0.868 bits per heavy atom. The highest BCUT2D eigenvalue weighted by Gasteiger charge is 2.43. The van der Waals surface area contributed by atoms with Crippen molar-refractivity contribution in [3.05, 3.63) is 87.9 Å². The lowest BCUT2D eigenvalue weighted by molar-refractivity contribution is -0.134. The van der Waals surface area contributed by atoms with Gasteiger partial charge >= 0.3 is 0 Å². The maximum Gasteiger partial charge on any atom is 0.252 e. The zero-order valence-corrected chi connectivity index (χ0v) is 31.5. The molecule has 3 N–H and O–H groups in total. The zero-order valence-electron chi connectivity index (χ0n) is 30.7. The average molecular weight is 745 g/mol. The Kier molecular flexibility index (Phi) is 12.5. The molecule has 282 valence electrons. The first-order chi connectivity index (χ1) is 25.6. The number of rotatable bonds is 17. The summed E-state index contributed by atoms with van der Waals surface area (Å²) in [5.74, 6) is 2.28. The van der Waals surface area contributed by atoms with Gasteiger partial charge in [0.1, 0.15) is 42.8 Å². The molecular weight excluding hydrogens is 696 g/mol. The van der Waals surface area contributed by atoms with Crippen LogP contribution in [0.2, 0.25) is 5.02 Å². The van der Waals surface area contributed by atoms with Gasteiger partial charge < -0.3 is 39.8 Å². The highest BCUT2D eigenvalue weighted by molar-refractivity contribution is 6.32. The number of methoxy groups -OCH3 is 1. The van der Waals surface area contributed by atoms with E-state index >= 15 is 0 Å². The summed E-state index contributed by atoms with van der Waals surface area (Å²) in [5, 5.41) is 4.23. The molecule has 1 saturated heterocycles. The Morgan fingerprint density at radius 3 is 2.19 bits per heavy atom. The van der Waals surface area contributed by atoms with Crippen LogP contribution in [0.5, 0.6) is 23.0 Å². The van der Waals surface area contributed by atoms with Crippen LogP contribution in [0.4, 0.5) is 0 Å². The molecule has 12 heteroatoms. The topological polar surface area (TPSA) is 133 Å². The monoisotopic (exact) mass is 744 g/mol. The third kappa shape index (κ3) is 9.83. The van der Waals surface area contributed by atoms with E-state index in [2.05, 4.69) is 5.32 Å². The van der Waals surface area contributed by atoms with E-state index in [0.29, 0.717) is 80.1 Å². The molecule has 1 saturated carbocycles. The maximum atomic E-state index is 14.7. The first kappa shape index (κ1) is 38.0. The van der Waals surface area contributed by atoms with Crippen molar-refractivity contribution in [3.63, 3.8) is 0 Å². The molecule has 3 amide bonds. The Bertz CT molecular complexity index is 1810. The van der Waals surface area contributed by atoms with Crippen LogP contribution in [0, 0.1) is 13.8 Å². The molecular formula is C41H49ClN4O7. The molecule has 2 heterocycles. The Labute approximate surface area is 316 Å². The van der Waals surface area contributed by atoms with Crippen molar-refractivity contribution in [1.29, 1.82) is 0 Å². The lowest BCUT2D eigenvalue weighted by atomic mass is 9.82. The predicted molar refractivity (Wildman–Crippen MR) is 203 cm³/mol. The fraction of sp³-hybridized carbons (Fsp3) is 0.439. The Balaban J connectivity index is 1.18. The predicted octanol–water partition coefficient (Wildman–Crippen LogP) is 5.48. The minimum Gasteiger partial charge on any atom is -0.497 e. The number of halogens is 1. The molecule has 0 aromatic heterocycles. The van der Waals surface area contributed by atoms with Gasteiger partial charge in [0.2, 0.25) is 11.8 Å². The number of nitrogens with zero attached hydrogens (tertiary/aromatic N) is 2. The third-order valence-electron chi connectivity index (χ3n) is 10.1. The van der Waals surface area contributed by atoms with Crippen molar-refractivity contribution >= 4 is 34.9 Å². The minimum absolute atomic E-state index is 0.0292. The molecule has 3 aliphatic rings. The molecule has 2 atom stereocenters. The van der Waals surface area contributed by atoms with Crippen LogP contribution in [-0.4, -0.2) is 92.2 Å². The van der Waals surface area contributed by atoms with Gasteiger partial charge in [-0.3, -0.25) is 14.4 Å². The van der Waals surface area contributed by atoms with Gasteiger partial charge in [0, 0.05) is 43.6 Å². The van der Waals surface area contributed by atoms with E-state index in [1.165, 1.54) is 0 Å². The van der Waals surface area contributed by atoms with Gasteiger partial charge in [0.05, 0.1) is 24.7 Å². The van der Waals surface area contributed by atoms with Gasteiger partial charge in [-0.05, 0) is 110 Å². The number of nitrogens with two attached hydrogens (primary N) is 1. The van der Waals surface area contributed by atoms with Gasteiger partial charge in [-0.25, -0.2) is 0 Å². The first-order valence-electron chi connectivity index (χ1n) is 18.4. The SMILES string of the molecule is COc1ccc(OCCN(C(=O)C2=C(c3ccc(OCCOc4cc(C)c(C)cc4Cl)cc3)C[C@@H]3CN(C(=O)CCCC(N)=O)C[C@H]2N3)C2CC2)cc1. The molecule has 1 aliphatic carbocycles. The number of nitrogens with one attached hydrogen (secondary N) is 1. The van der Waals surface area contributed by atoms with E-state index in [-0.39, 0.29) is 42.8 Å². The summed E-state index contributed by atoms with van der Waals surface area (Å²) in [6.45, 7) is 6.36. The number of ether oxygens (including phenoxy) is 4. The van der Waals surface area contributed by atoms with E-state index < -0.39 is 5.91 Å². The number of benzene rings is 3. The Hall–Kier alpha value is -4.74. The number of aryl methyl sites for hydroxylation is 2. The van der Waals surface area contributed by atoms with E-state index in [4.69, 9.17) is 36.3 Å². The van der Waals surface area contributed by atoms with Crippen LogP contribution >= 0.6 is 11.6 Å². The molecule has 3 aromatic carbocycles. The summed E-state index contributed by atoms with van der Waals surface area (Å²) in [4.78, 5) is 43.0. The van der Waals surface area contributed by atoms with E-state index in [0.717, 1.165) is 40.9 Å². The summed E-state index contributed by atoms with van der Waals surface area (Å²) < 4.78 is 23.2. The second kappa shape index (κ2) is 17.4. The Morgan fingerprint density at radius 2 is 1.51 bits per heavy atom. The molecule has 0 spiro atoms. The highest BCUT2D eigenvalue weighted by atomic mass is 35.5. The number of carbonyl (C=O) groups excluding carboxylic acids is 3. The van der Waals surface area contributed by atoms with Crippen molar-refractivity contribution in [3.8, 4) is 23.0 Å². The fourth-order valence-electron chi connectivity index (χ4n) is 7.00. The molecule has 0 radical (unpaired) electrons. The van der Waals surface area contributed by atoms with Gasteiger partial charge in [-0.15, -0.1) is 0 Å². The van der Waals surface area contributed by atoms with Crippen LogP contribution < -0.4 is 30.0 Å². The van der Waals surface area contributed by atoms with Gasteiger partial charge in [-0.1, -0.05) is 23.7 Å². The normalized spacial score (nSPS) is 18.0. The fourth-order valence-corrected chi connectivity index (χ4v) is 7.27. The summed E-state index contributed by atoms with van der Waals surface area (Å²) in [5.41, 5.74) is 10.1. The van der Waals surface area contributed by atoms with Crippen molar-refractivity contribution in [2.45, 2.75) is 70.5 Å². The van der Waals surface area contributed by atoms with E-state index in [9.17, 15) is 14.4 Å². The molecule has 3 aromatic rings. The van der Waals surface area contributed by atoms with E-state index in [1.54, 1.807) is 7.11 Å². The quantitative estimate of drug-likeness (QED) is 0.174. The van der Waals surface area contributed by atoms with Crippen molar-refractivity contribution in [2.24, 2.45) is 5.73 Å². The van der Waals surface area contributed by atoms with Crippen LogP contribution in [0.25, 0.3) is 5.57 Å². The van der Waals surface area contributed by atoms with Crippen LogP contribution in [0.3, 0.4) is 0 Å². The largest absolute Gasteiger partial charge is 0.497 e. The number of primary amides is 1. The van der Waals surface area contributed by atoms with Crippen molar-refractivity contribution in [2.75, 3.05) is 46.6 Å². The number of hydrogen-bond donors (Lipinski definition) is 2. The molecule has 2 aliphatic heterocycles. The second-order valence-corrected chi connectivity index (χ2v) is 14.4. The van der Waals surface area contributed by atoms with Crippen molar-refractivity contribution < 1.29 is 33.3 Å². The molecule has 6 rings (SSSR count). The lowest BCUT2D eigenvalue weighted by Gasteiger charge is -2.45. The summed E-state index contributed by atoms with van der Waals surface area (Å²) >= 11 is 6.37. The maximum absolute atomic E-state index is 14.7. The van der Waals surface area contributed by atoms with Gasteiger partial charge in [-0.2, -0.15) is 0 Å². The number of carbonyl (C=O) groups is 3. The molecule has 2 fully saturated rings. The minimum atomic E-state index is -0.418. The molecule has 53 heavy (non-hydrogen) atoms. The molecule has 0 unspecified atom stereocenters. The number of fused-ring (bicyclic) bond motifs is 2. The molecule has 11 nitrogen and oxygen atoms in total. The lowest BCUT2D eigenvalue weighted by Crippen LogP contribution is -2.62. The number of hydrogen-bond acceptors (Lipinski definition) is 8. The zero-order chi connectivity index (χ0) is 37.5. The molecule has 2 bridgehead atoms. The number of piperazine rings is 1. The van der Waals surface area contributed by atoms with Gasteiger partial charge in [0.25, 0.3) is 5.91 Å².